The van der Waals surface area contributed by atoms with Gasteiger partial charge in [0.05, 0.1) is 29.2 Å². The minimum absolute atomic E-state index is 0.0276. The summed E-state index contributed by atoms with van der Waals surface area (Å²) in [6.07, 6.45) is -4.74. The Morgan fingerprint density at radius 2 is 1.83 bits per heavy atom. The van der Waals surface area contributed by atoms with Crippen LogP contribution >= 0.6 is 0 Å². The van der Waals surface area contributed by atoms with Crippen molar-refractivity contribution >= 4 is 38.3 Å². The number of nitriles is 1. The van der Waals surface area contributed by atoms with Crippen molar-refractivity contribution in [1.29, 1.82) is 5.26 Å². The molecule has 1 saturated carbocycles. The first-order chi connectivity index (χ1) is 24.8. The van der Waals surface area contributed by atoms with Crippen LogP contribution in [0.4, 0.5) is 42.2 Å². The second-order valence-corrected chi connectivity index (χ2v) is 14.7. The molecule has 0 spiro atoms. The van der Waals surface area contributed by atoms with E-state index in [-0.39, 0.29) is 40.4 Å². The summed E-state index contributed by atoms with van der Waals surface area (Å²) in [7, 11) is -2.28. The Bertz CT molecular complexity index is 2490. The van der Waals surface area contributed by atoms with Gasteiger partial charge in [-0.3, -0.25) is 18.9 Å². The Hall–Kier alpha value is -5.71. The number of hydrogen-bond acceptors (Lipinski definition) is 8. The van der Waals surface area contributed by atoms with Gasteiger partial charge in [-0.25, -0.2) is 22.2 Å². The Kier molecular flexibility index (Phi) is 8.20. The summed E-state index contributed by atoms with van der Waals surface area (Å²) in [6.45, 7) is -1.10. The number of carbonyl (C=O) groups is 1. The maximum Gasteiger partial charge on any atom is 0.435 e. The number of nitrogens with zero attached hydrogens (tertiary/aromatic N) is 6. The van der Waals surface area contributed by atoms with Gasteiger partial charge < -0.3 is 11.1 Å². The zero-order valence-corrected chi connectivity index (χ0v) is 28.3. The summed E-state index contributed by atoms with van der Waals surface area (Å²) >= 11 is 0. The summed E-state index contributed by atoms with van der Waals surface area (Å²) < 4.78 is 129. The van der Waals surface area contributed by atoms with Crippen LogP contribution in [-0.2, 0) is 46.9 Å². The van der Waals surface area contributed by atoms with Crippen molar-refractivity contribution in [2.75, 3.05) is 16.7 Å². The van der Waals surface area contributed by atoms with Gasteiger partial charge >= 0.3 is 6.18 Å². The van der Waals surface area contributed by atoms with E-state index >= 15 is 8.78 Å². The van der Waals surface area contributed by atoms with E-state index in [1.54, 1.807) is 18.2 Å². The topological polar surface area (TPSA) is 174 Å². The highest BCUT2D eigenvalue weighted by Gasteiger charge is 2.68. The number of nitrogens with one attached hydrogen (secondary N) is 2. The number of hydrogen-bond donors (Lipinski definition) is 3. The first-order valence-electron chi connectivity index (χ1n) is 15.7. The molecule has 12 nitrogen and oxygen atoms in total. The number of aromatic nitrogens is 5. The largest absolute Gasteiger partial charge is 0.435 e. The predicted octanol–water partition coefficient (Wildman–Crippen LogP) is 5.26. The lowest BCUT2D eigenvalue weighted by Gasteiger charge is -2.23. The Labute approximate surface area is 295 Å². The third kappa shape index (κ3) is 6.38. The highest BCUT2D eigenvalue weighted by molar-refractivity contribution is 7.92. The predicted molar refractivity (Wildman–Crippen MR) is 174 cm³/mol. The van der Waals surface area contributed by atoms with Crippen molar-refractivity contribution in [2.45, 2.75) is 43.4 Å². The minimum atomic E-state index is -5.08. The summed E-state index contributed by atoms with van der Waals surface area (Å²) in [5, 5.41) is 20.4. The average Bonchev–Trinajstić information content (AvgIpc) is 3.59. The normalized spacial score (nSPS) is 18.0. The van der Waals surface area contributed by atoms with Gasteiger partial charge in [0, 0.05) is 41.1 Å². The molecular weight excluding hydrogens is 735 g/mol. The van der Waals surface area contributed by atoms with Crippen LogP contribution in [0.3, 0.4) is 0 Å². The number of alkyl halides is 5. The van der Waals surface area contributed by atoms with Crippen molar-refractivity contribution in [3.8, 4) is 17.2 Å². The molecule has 4 N–H and O–H groups in total. The van der Waals surface area contributed by atoms with Crippen molar-refractivity contribution in [3.05, 3.63) is 88.0 Å². The zero-order chi connectivity index (χ0) is 38.4. The first-order valence-corrected chi connectivity index (χ1v) is 17.6. The van der Waals surface area contributed by atoms with Gasteiger partial charge in [0.25, 0.3) is 5.92 Å². The lowest BCUT2D eigenvalue weighted by atomic mass is 9.93. The van der Waals surface area contributed by atoms with Gasteiger partial charge in [-0.05, 0) is 48.6 Å². The Morgan fingerprint density at radius 3 is 2.47 bits per heavy atom. The number of halogens is 7. The molecule has 20 heteroatoms. The van der Waals surface area contributed by atoms with Gasteiger partial charge in [-0.2, -0.15) is 37.4 Å². The van der Waals surface area contributed by atoms with E-state index in [9.17, 15) is 40.4 Å². The molecule has 0 bridgehead atoms. The molecule has 2 aromatic carbocycles. The van der Waals surface area contributed by atoms with E-state index in [0.29, 0.717) is 27.2 Å². The smallest absolute Gasteiger partial charge is 0.396 e. The van der Waals surface area contributed by atoms with E-state index < -0.39 is 87.5 Å². The summed E-state index contributed by atoms with van der Waals surface area (Å²) in [4.78, 5) is 18.1. The van der Waals surface area contributed by atoms with Crippen LogP contribution in [0.1, 0.15) is 52.3 Å². The molecule has 3 aromatic heterocycles. The highest BCUT2D eigenvalue weighted by atomic mass is 32.2. The molecule has 7 rings (SSSR count). The maximum atomic E-state index is 15.3. The number of benzene rings is 2. The van der Waals surface area contributed by atoms with E-state index in [1.165, 1.54) is 17.8 Å². The SMILES string of the molecule is Cn1nc(NS(C)(=O)=O)c2cccc(-c3cc(N)c(C#N)nc3[C@H](Cc3cc(F)cc(F)c3)NC(=O)Cn3nc(C(F)(F)F)c4c3C(F)(F)[C@@H]3C[C@H]43)c21. The third-order valence-electron chi connectivity index (χ3n) is 9.15. The average molecular weight is 762 g/mol. The number of nitrogens with two attached hydrogens (primary N) is 1. The number of sulfonamides is 1. The van der Waals surface area contributed by atoms with Crippen LogP contribution in [0.15, 0.2) is 42.5 Å². The molecule has 276 valence electrons. The van der Waals surface area contributed by atoms with Crippen LogP contribution in [0, 0.1) is 28.9 Å². The lowest BCUT2D eigenvalue weighted by molar-refractivity contribution is -0.142. The van der Waals surface area contributed by atoms with Gasteiger partial charge in [-0.1, -0.05) is 12.1 Å². The number of para-hydroxylation sites is 1. The molecule has 5 aromatic rings. The van der Waals surface area contributed by atoms with Crippen molar-refractivity contribution in [1.82, 2.24) is 29.9 Å². The quantitative estimate of drug-likeness (QED) is 0.171. The molecule has 53 heavy (non-hydrogen) atoms. The number of fused-ring (bicyclic) bond motifs is 4. The third-order valence-corrected chi connectivity index (χ3v) is 9.71. The first kappa shape index (κ1) is 35.7. The van der Waals surface area contributed by atoms with E-state index in [0.717, 1.165) is 18.4 Å². The second kappa shape index (κ2) is 12.2. The summed E-state index contributed by atoms with van der Waals surface area (Å²) in [6, 6.07) is 8.91. The van der Waals surface area contributed by atoms with Gasteiger partial charge in [0.1, 0.15) is 29.9 Å². The fraction of sp³-hybridized carbons (Fsp3) is 0.303. The number of rotatable bonds is 9. The van der Waals surface area contributed by atoms with Crippen LogP contribution in [0.5, 0.6) is 0 Å². The number of anilines is 2. The van der Waals surface area contributed by atoms with Crippen LogP contribution in [0.25, 0.3) is 22.0 Å². The number of amides is 1. The van der Waals surface area contributed by atoms with Crippen LogP contribution in [-0.4, -0.2) is 45.1 Å². The van der Waals surface area contributed by atoms with E-state index in [4.69, 9.17) is 5.73 Å². The van der Waals surface area contributed by atoms with E-state index in [2.05, 4.69) is 25.2 Å². The number of nitrogen functional groups attached to an aromatic ring is 1. The molecule has 3 heterocycles. The standard InChI is InChI=1S/C33H26F7N9O3S/c1-48-28-17(4-3-5-18(28)31(46-48)47-53(2,51)52)19-11-22(42)24(12-41)44-27(19)23(8-14-6-15(34)9-16(35)7-14)43-25(50)13-49-30-26(29(45-49)33(38,39)40)20-10-21(20)32(30,36)37/h3-7,9,11,20-21,23H,8,10,13,42H2,1-2H3,(H,43,50)(H,46,47)/t20-,21+,23-/m0/s1. The number of carbonyl (C=O) groups excluding carboxylic acids is 1. The minimum Gasteiger partial charge on any atom is -0.396 e. The molecule has 0 radical (unpaired) electrons. The van der Waals surface area contributed by atoms with E-state index in [1.807, 2.05) is 6.07 Å². The lowest BCUT2D eigenvalue weighted by Crippen LogP contribution is -2.35. The molecule has 0 unspecified atom stereocenters. The maximum absolute atomic E-state index is 15.3. The summed E-state index contributed by atoms with van der Waals surface area (Å²) in [5.41, 5.74) is 3.15. The number of aryl methyl sites for hydroxylation is 1. The van der Waals surface area contributed by atoms with Crippen molar-refractivity contribution in [3.63, 3.8) is 0 Å². The fourth-order valence-corrected chi connectivity index (χ4v) is 7.57. The highest BCUT2D eigenvalue weighted by Crippen LogP contribution is 2.68. The second-order valence-electron chi connectivity index (χ2n) is 13.0. The molecule has 2 aliphatic carbocycles. The number of pyridine rings is 1. The van der Waals surface area contributed by atoms with Crippen molar-refractivity contribution < 1.29 is 43.9 Å². The Morgan fingerprint density at radius 1 is 1.13 bits per heavy atom. The molecule has 2 aliphatic rings. The zero-order valence-electron chi connectivity index (χ0n) is 27.4. The molecule has 1 amide bonds. The molecular formula is C33H26F7N9O3S. The van der Waals surface area contributed by atoms with Gasteiger partial charge in [0.15, 0.2) is 17.2 Å². The van der Waals surface area contributed by atoms with Crippen molar-refractivity contribution in [2.24, 2.45) is 13.0 Å². The van der Waals surface area contributed by atoms with Crippen LogP contribution < -0.4 is 15.8 Å². The molecule has 3 atom stereocenters. The monoisotopic (exact) mass is 761 g/mol. The summed E-state index contributed by atoms with van der Waals surface area (Å²) in [5.74, 6) is -9.22. The van der Waals surface area contributed by atoms with Gasteiger partial charge in [0.2, 0.25) is 15.9 Å². The molecule has 0 saturated heterocycles. The van der Waals surface area contributed by atoms with Crippen LogP contribution in [0.2, 0.25) is 0 Å². The molecule has 1 fully saturated rings. The van der Waals surface area contributed by atoms with Gasteiger partial charge in [-0.15, -0.1) is 0 Å². The fourth-order valence-electron chi connectivity index (χ4n) is 7.07. The Balaban J connectivity index is 1.36. The molecule has 0 aliphatic heterocycles.